The van der Waals surface area contributed by atoms with E-state index < -0.39 is 11.9 Å². The number of hydrogen-bond acceptors (Lipinski definition) is 4. The van der Waals surface area contributed by atoms with Crippen LogP contribution < -0.4 is 10.1 Å². The Labute approximate surface area is 223 Å². The number of halogens is 3. The molecule has 0 aliphatic carbocycles. The van der Waals surface area contributed by atoms with Crippen LogP contribution in [0.2, 0.25) is 5.02 Å². The number of benzene rings is 3. The minimum atomic E-state index is -0.985. The number of nitrogens with one attached hydrogen (secondary N) is 1. The molecule has 0 unspecified atom stereocenters. The zero-order chi connectivity index (χ0) is 24.8. The second-order valence-electron chi connectivity index (χ2n) is 7.14. The lowest BCUT2D eigenvalue weighted by atomic mass is 10.1. The lowest BCUT2D eigenvalue weighted by Gasteiger charge is -2.12. The SMILES string of the molecule is Cc1c(Cl)cccc1NC(=O)/C(C#N)=C\c1cc(Br)c(OCc2ccc(C(=O)O)cc2)c(I)c1. The van der Waals surface area contributed by atoms with Crippen molar-refractivity contribution in [3.63, 3.8) is 0 Å². The Hall–Kier alpha value is -2.87. The molecule has 0 heterocycles. The van der Waals surface area contributed by atoms with E-state index in [1.165, 1.54) is 18.2 Å². The molecule has 172 valence electrons. The van der Waals surface area contributed by atoms with E-state index >= 15 is 0 Å². The fourth-order valence-corrected chi connectivity index (χ4v) is 4.89. The number of aromatic carboxylic acids is 1. The Morgan fingerprint density at radius 3 is 2.56 bits per heavy atom. The third kappa shape index (κ3) is 6.38. The van der Waals surface area contributed by atoms with Crippen molar-refractivity contribution in [2.24, 2.45) is 0 Å². The van der Waals surface area contributed by atoms with E-state index in [4.69, 9.17) is 21.4 Å². The van der Waals surface area contributed by atoms with Crippen molar-refractivity contribution in [1.82, 2.24) is 0 Å². The van der Waals surface area contributed by atoms with Gasteiger partial charge in [0.25, 0.3) is 5.91 Å². The van der Waals surface area contributed by atoms with Crippen LogP contribution in [0.5, 0.6) is 5.75 Å². The van der Waals surface area contributed by atoms with Gasteiger partial charge >= 0.3 is 5.97 Å². The van der Waals surface area contributed by atoms with Crippen LogP contribution in [0.4, 0.5) is 5.69 Å². The molecule has 3 rings (SSSR count). The highest BCUT2D eigenvalue weighted by Gasteiger charge is 2.14. The Kier molecular flexibility index (Phi) is 8.72. The van der Waals surface area contributed by atoms with E-state index in [1.54, 1.807) is 49.4 Å². The molecule has 34 heavy (non-hydrogen) atoms. The minimum Gasteiger partial charge on any atom is -0.487 e. The summed E-state index contributed by atoms with van der Waals surface area (Å²) in [6, 6.07) is 17.1. The van der Waals surface area contributed by atoms with Crippen molar-refractivity contribution < 1.29 is 19.4 Å². The van der Waals surface area contributed by atoms with Gasteiger partial charge < -0.3 is 15.2 Å². The van der Waals surface area contributed by atoms with Gasteiger partial charge in [-0.1, -0.05) is 29.8 Å². The molecule has 0 aliphatic rings. The van der Waals surface area contributed by atoms with Gasteiger partial charge in [0, 0.05) is 10.7 Å². The maximum Gasteiger partial charge on any atom is 0.335 e. The van der Waals surface area contributed by atoms with E-state index in [1.807, 2.05) is 6.07 Å². The quantitative estimate of drug-likeness (QED) is 0.166. The number of rotatable bonds is 7. The lowest BCUT2D eigenvalue weighted by molar-refractivity contribution is -0.112. The summed E-state index contributed by atoms with van der Waals surface area (Å²) >= 11 is 11.7. The fourth-order valence-electron chi connectivity index (χ4n) is 2.95. The molecule has 3 aromatic rings. The first-order chi connectivity index (χ1) is 16.2. The summed E-state index contributed by atoms with van der Waals surface area (Å²) in [5.74, 6) is -0.928. The second kappa shape index (κ2) is 11.5. The van der Waals surface area contributed by atoms with Crippen LogP contribution in [0.3, 0.4) is 0 Å². The molecular weight excluding hydrogens is 635 g/mol. The van der Waals surface area contributed by atoms with E-state index in [-0.39, 0.29) is 17.7 Å². The highest BCUT2D eigenvalue weighted by atomic mass is 127. The number of carbonyl (C=O) groups excluding carboxylic acids is 1. The van der Waals surface area contributed by atoms with E-state index in [9.17, 15) is 14.9 Å². The maximum absolute atomic E-state index is 12.7. The van der Waals surface area contributed by atoms with Gasteiger partial charge in [-0.15, -0.1) is 0 Å². The molecule has 0 spiro atoms. The summed E-state index contributed by atoms with van der Waals surface area (Å²) in [6.45, 7) is 2.03. The van der Waals surface area contributed by atoms with Crippen LogP contribution in [-0.2, 0) is 11.4 Å². The standard InChI is InChI=1S/C25H17BrClIN2O4/c1-14-20(27)3-2-4-22(14)30-24(31)18(12-29)9-16-10-19(26)23(21(28)11-16)34-13-15-5-7-17(8-6-15)25(32)33/h2-11H,13H2,1H3,(H,30,31)(H,32,33)/b18-9-. The molecule has 1 amide bonds. The zero-order valence-corrected chi connectivity index (χ0v) is 22.2. The molecule has 0 radical (unpaired) electrons. The highest BCUT2D eigenvalue weighted by Crippen LogP contribution is 2.33. The predicted octanol–water partition coefficient (Wildman–Crippen LogP) is 6.84. The average molecular weight is 652 g/mol. The van der Waals surface area contributed by atoms with E-state index in [0.29, 0.717) is 32.1 Å². The lowest BCUT2D eigenvalue weighted by Crippen LogP contribution is -2.14. The van der Waals surface area contributed by atoms with Crippen LogP contribution in [0, 0.1) is 21.8 Å². The third-order valence-electron chi connectivity index (χ3n) is 4.80. The van der Waals surface area contributed by atoms with Gasteiger partial charge in [0.1, 0.15) is 24.0 Å². The van der Waals surface area contributed by atoms with E-state index in [2.05, 4.69) is 43.8 Å². The minimum absolute atomic E-state index is 0.0609. The fraction of sp³-hybridized carbons (Fsp3) is 0.0800. The number of anilines is 1. The van der Waals surface area contributed by atoms with Crippen molar-refractivity contribution in [3.05, 3.63) is 95.5 Å². The summed E-state index contributed by atoms with van der Waals surface area (Å²) in [7, 11) is 0. The van der Waals surface area contributed by atoms with Crippen LogP contribution in [-0.4, -0.2) is 17.0 Å². The monoisotopic (exact) mass is 650 g/mol. The second-order valence-corrected chi connectivity index (χ2v) is 9.56. The largest absolute Gasteiger partial charge is 0.487 e. The first-order valence-corrected chi connectivity index (χ1v) is 12.1. The Morgan fingerprint density at radius 1 is 1.24 bits per heavy atom. The van der Waals surface area contributed by atoms with Gasteiger partial charge in [0.05, 0.1) is 13.6 Å². The Bertz CT molecular complexity index is 1310. The molecular formula is C25H17BrClIN2O4. The molecule has 6 nitrogen and oxygen atoms in total. The number of amides is 1. The summed E-state index contributed by atoms with van der Waals surface area (Å²) in [5.41, 5.74) is 2.86. The predicted molar refractivity (Wildman–Crippen MR) is 143 cm³/mol. The first kappa shape index (κ1) is 25.7. The molecule has 0 fully saturated rings. The highest BCUT2D eigenvalue weighted by molar-refractivity contribution is 14.1. The molecule has 0 atom stereocenters. The Morgan fingerprint density at radius 2 is 1.94 bits per heavy atom. The van der Waals surface area contributed by atoms with Crippen molar-refractivity contribution in [2.45, 2.75) is 13.5 Å². The van der Waals surface area contributed by atoms with Crippen LogP contribution in [0.1, 0.15) is 27.0 Å². The summed E-state index contributed by atoms with van der Waals surface area (Å²) in [4.78, 5) is 23.6. The van der Waals surface area contributed by atoms with Crippen molar-refractivity contribution in [1.29, 1.82) is 5.26 Å². The number of carboxylic acid groups (broad SMARTS) is 1. The summed E-state index contributed by atoms with van der Waals surface area (Å²) in [6.07, 6.45) is 1.50. The maximum atomic E-state index is 12.7. The van der Waals surface area contributed by atoms with Gasteiger partial charge in [-0.2, -0.15) is 5.26 Å². The van der Waals surface area contributed by atoms with Crippen molar-refractivity contribution >= 4 is 73.8 Å². The molecule has 0 aromatic heterocycles. The molecule has 9 heteroatoms. The third-order valence-corrected chi connectivity index (χ3v) is 6.60. The van der Waals surface area contributed by atoms with Gasteiger partial charge in [-0.25, -0.2) is 4.79 Å². The smallest absolute Gasteiger partial charge is 0.335 e. The van der Waals surface area contributed by atoms with Gasteiger partial charge in [-0.3, -0.25) is 4.79 Å². The van der Waals surface area contributed by atoms with Crippen LogP contribution >= 0.6 is 50.1 Å². The van der Waals surface area contributed by atoms with Gasteiger partial charge in [-0.05, 0) is 105 Å². The number of ether oxygens (including phenoxy) is 1. The number of carbonyl (C=O) groups is 2. The van der Waals surface area contributed by atoms with Crippen LogP contribution in [0.25, 0.3) is 6.08 Å². The Balaban J connectivity index is 1.76. The number of nitriles is 1. The summed E-state index contributed by atoms with van der Waals surface area (Å²) < 4.78 is 7.33. The zero-order valence-electron chi connectivity index (χ0n) is 17.7. The topological polar surface area (TPSA) is 99.4 Å². The van der Waals surface area contributed by atoms with Crippen LogP contribution in [0.15, 0.2) is 64.6 Å². The number of hydrogen-bond donors (Lipinski definition) is 2. The molecule has 0 aliphatic heterocycles. The molecule has 3 aromatic carbocycles. The van der Waals surface area contributed by atoms with Gasteiger partial charge in [0.2, 0.25) is 0 Å². The average Bonchev–Trinajstić information content (AvgIpc) is 2.80. The normalized spacial score (nSPS) is 11.0. The number of nitrogens with zero attached hydrogens (tertiary/aromatic N) is 1. The van der Waals surface area contributed by atoms with E-state index in [0.717, 1.165) is 9.13 Å². The molecule has 0 saturated heterocycles. The first-order valence-electron chi connectivity index (χ1n) is 9.82. The summed E-state index contributed by atoms with van der Waals surface area (Å²) in [5, 5.41) is 21.8. The number of carboxylic acids is 1. The molecule has 0 saturated carbocycles. The molecule has 2 N–H and O–H groups in total. The molecule has 0 bridgehead atoms. The van der Waals surface area contributed by atoms with Crippen molar-refractivity contribution in [3.8, 4) is 11.8 Å². The van der Waals surface area contributed by atoms with Crippen molar-refractivity contribution in [2.75, 3.05) is 5.32 Å². The van der Waals surface area contributed by atoms with Gasteiger partial charge in [0.15, 0.2) is 0 Å².